The summed E-state index contributed by atoms with van der Waals surface area (Å²) in [6.07, 6.45) is 1.44. The van der Waals surface area contributed by atoms with Gasteiger partial charge in [0, 0.05) is 34.4 Å². The third-order valence-electron chi connectivity index (χ3n) is 2.96. The Kier molecular flexibility index (Phi) is 5.60. The second-order valence-electron chi connectivity index (χ2n) is 4.55. The largest absolute Gasteiger partial charge is 0.478 e. The molecule has 0 radical (unpaired) electrons. The Balaban J connectivity index is 3.19. The summed E-state index contributed by atoms with van der Waals surface area (Å²) in [5.41, 5.74) is -0.622. The molecule has 9 heteroatoms. The number of carboxylic acids is 1. The van der Waals surface area contributed by atoms with Crippen molar-refractivity contribution in [2.75, 3.05) is 12.8 Å². The molecule has 2 N–H and O–H groups in total. The lowest BCUT2D eigenvalue weighted by Gasteiger charge is -2.13. The van der Waals surface area contributed by atoms with Crippen LogP contribution in [0.2, 0.25) is 0 Å². The highest BCUT2D eigenvalue weighted by molar-refractivity contribution is 7.89. The molecule has 0 aliphatic heterocycles. The first-order chi connectivity index (χ1) is 9.56. The van der Waals surface area contributed by atoms with Crippen molar-refractivity contribution in [3.63, 3.8) is 0 Å². The molecule has 1 aromatic rings. The number of hydrogen-bond acceptors (Lipinski definition) is 4. The molecular formula is C12H16FNO5S2. The molecule has 0 saturated carbocycles. The summed E-state index contributed by atoms with van der Waals surface area (Å²) >= 11 is 0. The van der Waals surface area contributed by atoms with Gasteiger partial charge in [0.05, 0.1) is 10.5 Å². The second kappa shape index (κ2) is 6.63. The minimum absolute atomic E-state index is 0.0934. The smallest absolute Gasteiger partial charge is 0.335 e. The van der Waals surface area contributed by atoms with Gasteiger partial charge in [-0.1, -0.05) is 0 Å². The molecule has 0 aliphatic carbocycles. The molecule has 6 nitrogen and oxygen atoms in total. The topological polar surface area (TPSA) is 101 Å². The molecular weight excluding hydrogens is 321 g/mol. The summed E-state index contributed by atoms with van der Waals surface area (Å²) in [4.78, 5) is 10.4. The molecule has 118 valence electrons. The van der Waals surface area contributed by atoms with Crippen LogP contribution in [0.4, 0.5) is 4.39 Å². The Labute approximate surface area is 124 Å². The third kappa shape index (κ3) is 4.32. The summed E-state index contributed by atoms with van der Waals surface area (Å²) in [7, 11) is -5.30. The molecule has 0 aromatic heterocycles. The van der Waals surface area contributed by atoms with Crippen molar-refractivity contribution < 1.29 is 26.9 Å². The molecule has 0 fully saturated rings. The van der Waals surface area contributed by atoms with Gasteiger partial charge in [-0.2, -0.15) is 0 Å². The highest BCUT2D eigenvalue weighted by atomic mass is 32.2. The normalized spacial score (nSPS) is 14.7. The highest BCUT2D eigenvalue weighted by Gasteiger charge is 2.22. The van der Waals surface area contributed by atoms with Crippen molar-refractivity contribution in [2.24, 2.45) is 0 Å². The van der Waals surface area contributed by atoms with Gasteiger partial charge in [-0.25, -0.2) is 22.3 Å². The monoisotopic (exact) mass is 337 g/mol. The number of carboxylic acid groups (broad SMARTS) is 1. The fraction of sp³-hybridized carbons (Fsp3) is 0.417. The van der Waals surface area contributed by atoms with E-state index in [0.29, 0.717) is 0 Å². The van der Waals surface area contributed by atoms with E-state index in [9.17, 15) is 21.8 Å². The van der Waals surface area contributed by atoms with Crippen molar-refractivity contribution in [3.05, 3.63) is 29.1 Å². The van der Waals surface area contributed by atoms with Crippen molar-refractivity contribution in [2.45, 2.75) is 24.0 Å². The summed E-state index contributed by atoms with van der Waals surface area (Å²) in [5.74, 6) is -2.34. The van der Waals surface area contributed by atoms with Crippen LogP contribution < -0.4 is 4.72 Å². The van der Waals surface area contributed by atoms with Gasteiger partial charge in [-0.15, -0.1) is 0 Å². The predicted octanol–water partition coefficient (Wildman–Crippen LogP) is 0.878. The molecule has 1 rings (SSSR count). The van der Waals surface area contributed by atoms with Crippen LogP contribution in [-0.2, 0) is 20.8 Å². The number of nitrogens with one attached hydrogen (secondary N) is 1. The fourth-order valence-corrected chi connectivity index (χ4v) is 3.31. The molecule has 1 aromatic carbocycles. The van der Waals surface area contributed by atoms with E-state index >= 15 is 0 Å². The van der Waals surface area contributed by atoms with Gasteiger partial charge in [0.15, 0.2) is 0 Å². The summed E-state index contributed by atoms with van der Waals surface area (Å²) < 4.78 is 51.3. The van der Waals surface area contributed by atoms with Gasteiger partial charge >= 0.3 is 5.97 Å². The van der Waals surface area contributed by atoms with E-state index in [2.05, 4.69) is 4.72 Å². The van der Waals surface area contributed by atoms with Gasteiger partial charge in [-0.05, 0) is 26.0 Å². The van der Waals surface area contributed by atoms with E-state index in [1.807, 2.05) is 0 Å². The Morgan fingerprint density at radius 1 is 1.48 bits per heavy atom. The van der Waals surface area contributed by atoms with Crippen LogP contribution in [-0.4, -0.2) is 41.8 Å². The van der Waals surface area contributed by atoms with Gasteiger partial charge in [0.1, 0.15) is 5.82 Å². The van der Waals surface area contributed by atoms with E-state index in [-0.39, 0.29) is 12.1 Å². The van der Waals surface area contributed by atoms with Crippen molar-refractivity contribution >= 4 is 26.8 Å². The van der Waals surface area contributed by atoms with Crippen molar-refractivity contribution in [1.82, 2.24) is 4.72 Å². The molecule has 0 bridgehead atoms. The molecule has 21 heavy (non-hydrogen) atoms. The van der Waals surface area contributed by atoms with E-state index in [1.54, 1.807) is 6.92 Å². The van der Waals surface area contributed by atoms with Crippen LogP contribution in [0, 0.1) is 12.7 Å². The Bertz CT molecular complexity index is 687. The van der Waals surface area contributed by atoms with Gasteiger partial charge in [0.2, 0.25) is 10.0 Å². The Hall–Kier alpha value is -1.32. The van der Waals surface area contributed by atoms with Crippen LogP contribution in [0.3, 0.4) is 0 Å². The van der Waals surface area contributed by atoms with E-state index < -0.39 is 48.3 Å². The standard InChI is InChI=1S/C12H16FNO5S2/c1-7(20(3)17)6-14-21(18,19)11-5-9(12(15)16)4-10(13)8(11)2/h4-5,7,14H,6H2,1-3H3,(H,15,16). The fourth-order valence-electron chi connectivity index (χ4n) is 1.48. The van der Waals surface area contributed by atoms with Crippen molar-refractivity contribution in [1.29, 1.82) is 0 Å². The van der Waals surface area contributed by atoms with Crippen LogP contribution >= 0.6 is 0 Å². The van der Waals surface area contributed by atoms with Crippen LogP contribution in [0.25, 0.3) is 0 Å². The van der Waals surface area contributed by atoms with E-state index in [1.165, 1.54) is 13.2 Å². The molecule has 0 spiro atoms. The first-order valence-corrected chi connectivity index (χ1v) is 9.02. The summed E-state index contributed by atoms with van der Waals surface area (Å²) in [6.45, 7) is 2.75. The maximum atomic E-state index is 13.7. The third-order valence-corrected chi connectivity index (χ3v) is 5.81. The predicted molar refractivity (Wildman–Crippen MR) is 76.8 cm³/mol. The van der Waals surface area contributed by atoms with Crippen LogP contribution in [0.5, 0.6) is 0 Å². The maximum Gasteiger partial charge on any atom is 0.335 e. The highest BCUT2D eigenvalue weighted by Crippen LogP contribution is 2.20. The summed E-state index contributed by atoms with van der Waals surface area (Å²) in [5, 5.41) is 8.44. The van der Waals surface area contributed by atoms with E-state index in [0.717, 1.165) is 12.1 Å². The molecule has 0 aliphatic rings. The van der Waals surface area contributed by atoms with Gasteiger partial charge in [0.25, 0.3) is 0 Å². The minimum Gasteiger partial charge on any atom is -0.478 e. The van der Waals surface area contributed by atoms with Gasteiger partial charge < -0.3 is 5.11 Å². The maximum absolute atomic E-state index is 13.7. The first kappa shape index (κ1) is 17.7. The molecule has 2 atom stereocenters. The number of halogens is 1. The van der Waals surface area contributed by atoms with E-state index in [4.69, 9.17) is 5.11 Å². The molecule has 2 unspecified atom stereocenters. The first-order valence-electron chi connectivity index (χ1n) is 5.91. The average molecular weight is 337 g/mol. The SMILES string of the molecule is Cc1c(F)cc(C(=O)O)cc1S(=O)(=O)NCC(C)S(C)=O. The quantitative estimate of drug-likeness (QED) is 0.802. The molecule has 0 amide bonds. The second-order valence-corrected chi connectivity index (χ2v) is 8.08. The average Bonchev–Trinajstić information content (AvgIpc) is 2.38. The number of rotatable bonds is 6. The lowest BCUT2D eigenvalue weighted by atomic mass is 10.1. The zero-order valence-electron chi connectivity index (χ0n) is 11.7. The number of aromatic carboxylic acids is 1. The lowest BCUT2D eigenvalue weighted by Crippen LogP contribution is -2.33. The zero-order chi connectivity index (χ0) is 16.4. The number of carbonyl (C=O) groups is 1. The molecule has 0 saturated heterocycles. The Morgan fingerprint density at radius 2 is 2.05 bits per heavy atom. The lowest BCUT2D eigenvalue weighted by molar-refractivity contribution is 0.0696. The minimum atomic E-state index is -4.09. The number of hydrogen-bond donors (Lipinski definition) is 2. The van der Waals surface area contributed by atoms with Crippen LogP contribution in [0.15, 0.2) is 17.0 Å². The summed E-state index contributed by atoms with van der Waals surface area (Å²) in [6, 6.07) is 1.66. The molecule has 0 heterocycles. The van der Waals surface area contributed by atoms with Gasteiger partial charge in [-0.3, -0.25) is 4.21 Å². The van der Waals surface area contributed by atoms with Crippen molar-refractivity contribution in [3.8, 4) is 0 Å². The number of sulfonamides is 1. The number of benzene rings is 1. The zero-order valence-corrected chi connectivity index (χ0v) is 13.3. The Morgan fingerprint density at radius 3 is 2.52 bits per heavy atom. The van der Waals surface area contributed by atoms with Crippen LogP contribution in [0.1, 0.15) is 22.8 Å².